The summed E-state index contributed by atoms with van der Waals surface area (Å²) >= 11 is 5.67. The molecule has 1 rings (SSSR count). The van der Waals surface area contributed by atoms with Crippen molar-refractivity contribution in [2.45, 2.75) is 6.54 Å². The van der Waals surface area contributed by atoms with Crippen molar-refractivity contribution in [2.75, 3.05) is 7.05 Å². The largest absolute Gasteiger partial charge is 0.316 e. The Balaban J connectivity index is 0.00000121. The lowest BCUT2D eigenvalue weighted by molar-refractivity contribution is 0.595. The molecule has 0 saturated carbocycles. The minimum Gasteiger partial charge on any atom is -0.316 e. The Morgan fingerprint density at radius 2 is 2.25 bits per heavy atom. The predicted molar refractivity (Wildman–Crippen MR) is 49.2 cm³/mol. The van der Waals surface area contributed by atoms with Crippen LogP contribution in [0.2, 0.25) is 5.02 Å². The number of rotatable bonds is 2. The van der Waals surface area contributed by atoms with Crippen LogP contribution in [-0.4, -0.2) is 12.0 Å². The molecule has 2 nitrogen and oxygen atoms in total. The van der Waals surface area contributed by atoms with Crippen LogP contribution in [0.25, 0.3) is 0 Å². The smallest absolute Gasteiger partial charge is 0.147 e. The van der Waals surface area contributed by atoms with Gasteiger partial charge in [0.15, 0.2) is 0 Å². The fourth-order valence-corrected chi connectivity index (χ4v) is 0.997. The topological polar surface area (TPSA) is 24.9 Å². The molecule has 0 aliphatic rings. The quantitative estimate of drug-likeness (QED) is 0.809. The maximum Gasteiger partial charge on any atom is 0.147 e. The molecule has 0 aromatic carbocycles. The van der Waals surface area contributed by atoms with E-state index >= 15 is 0 Å². The molecule has 0 saturated heterocycles. The number of hydrogen-bond donors (Lipinski definition) is 1. The summed E-state index contributed by atoms with van der Waals surface area (Å²) in [4.78, 5) is 3.59. The molecule has 5 heteroatoms. The molecule has 0 amide bonds. The predicted octanol–water partition coefficient (Wildman–Crippen LogP) is 2.02. The van der Waals surface area contributed by atoms with E-state index in [1.165, 1.54) is 6.20 Å². The third-order valence-corrected chi connectivity index (χ3v) is 1.63. The molecule has 0 atom stereocenters. The fourth-order valence-electron chi connectivity index (χ4n) is 0.784. The molecule has 1 N–H and O–H groups in total. The summed E-state index contributed by atoms with van der Waals surface area (Å²) in [6, 6.07) is 0. The van der Waals surface area contributed by atoms with Gasteiger partial charge in [-0.25, -0.2) is 4.39 Å². The van der Waals surface area contributed by atoms with E-state index in [0.717, 1.165) is 6.20 Å². The minimum atomic E-state index is -0.369. The third-order valence-electron chi connectivity index (χ3n) is 1.31. The summed E-state index contributed by atoms with van der Waals surface area (Å²) < 4.78 is 12.9. The third kappa shape index (κ3) is 2.59. The first-order chi connectivity index (χ1) is 5.25. The Morgan fingerprint density at radius 3 is 2.75 bits per heavy atom. The van der Waals surface area contributed by atoms with E-state index in [4.69, 9.17) is 11.6 Å². The van der Waals surface area contributed by atoms with Crippen LogP contribution >= 0.6 is 24.0 Å². The second-order valence-electron chi connectivity index (χ2n) is 2.11. The maximum absolute atomic E-state index is 12.9. The van der Waals surface area contributed by atoms with E-state index in [1.54, 1.807) is 7.05 Å². The van der Waals surface area contributed by atoms with Gasteiger partial charge >= 0.3 is 0 Å². The molecule has 0 bridgehead atoms. The van der Waals surface area contributed by atoms with Crippen LogP contribution in [-0.2, 0) is 6.54 Å². The molecule has 0 spiro atoms. The van der Waals surface area contributed by atoms with Crippen molar-refractivity contribution in [3.05, 3.63) is 28.8 Å². The summed E-state index contributed by atoms with van der Waals surface area (Å²) in [6.45, 7) is 0.424. The Bertz CT molecular complexity index is 235. The molecule has 12 heavy (non-hydrogen) atoms. The van der Waals surface area contributed by atoms with Gasteiger partial charge in [0, 0.05) is 18.3 Å². The van der Waals surface area contributed by atoms with Crippen molar-refractivity contribution >= 4 is 24.0 Å². The molecule has 0 radical (unpaired) electrons. The standard InChI is InChI=1S/C7H8ClFN2.ClH/c1-10-2-5-6(8)3-11-4-7(5)9;/h3-4,10H,2H2,1H3;1H. The summed E-state index contributed by atoms with van der Waals surface area (Å²) in [5.74, 6) is -0.369. The van der Waals surface area contributed by atoms with E-state index in [2.05, 4.69) is 10.3 Å². The second kappa shape index (κ2) is 5.30. The van der Waals surface area contributed by atoms with Crippen LogP contribution in [0.3, 0.4) is 0 Å². The molecular weight excluding hydrogens is 202 g/mol. The number of hydrogen-bond acceptors (Lipinski definition) is 2. The average molecular weight is 211 g/mol. The van der Waals surface area contributed by atoms with Crippen molar-refractivity contribution in [2.24, 2.45) is 0 Å². The maximum atomic E-state index is 12.9. The Kier molecular flexibility index (Phi) is 5.13. The number of pyridine rings is 1. The SMILES string of the molecule is CNCc1c(F)cncc1Cl.Cl. The van der Waals surface area contributed by atoms with Crippen LogP contribution in [0, 0.1) is 5.82 Å². The molecule has 0 fully saturated rings. The highest BCUT2D eigenvalue weighted by Gasteiger charge is 2.04. The van der Waals surface area contributed by atoms with Gasteiger partial charge in [-0.3, -0.25) is 4.98 Å². The summed E-state index contributed by atoms with van der Waals surface area (Å²) in [7, 11) is 1.73. The highest BCUT2D eigenvalue weighted by atomic mass is 35.5. The Labute approximate surface area is 81.6 Å². The van der Waals surface area contributed by atoms with Gasteiger partial charge in [-0.15, -0.1) is 12.4 Å². The van der Waals surface area contributed by atoms with Crippen LogP contribution in [0.1, 0.15) is 5.56 Å². The van der Waals surface area contributed by atoms with Gasteiger partial charge in [-0.05, 0) is 7.05 Å². The molecule has 1 heterocycles. The van der Waals surface area contributed by atoms with Crippen molar-refractivity contribution in [3.8, 4) is 0 Å². The Hall–Kier alpha value is -0.380. The van der Waals surface area contributed by atoms with Gasteiger partial charge in [0.05, 0.1) is 11.2 Å². The van der Waals surface area contributed by atoms with Gasteiger partial charge in [0.2, 0.25) is 0 Å². The van der Waals surface area contributed by atoms with Crippen LogP contribution in [0.4, 0.5) is 4.39 Å². The number of nitrogens with zero attached hydrogens (tertiary/aromatic N) is 1. The van der Waals surface area contributed by atoms with Crippen molar-refractivity contribution in [3.63, 3.8) is 0 Å². The average Bonchev–Trinajstić information content (AvgIpc) is 1.97. The zero-order valence-electron chi connectivity index (χ0n) is 6.47. The van der Waals surface area contributed by atoms with Gasteiger partial charge < -0.3 is 5.32 Å². The lowest BCUT2D eigenvalue weighted by Gasteiger charge is -2.02. The van der Waals surface area contributed by atoms with E-state index in [0.29, 0.717) is 17.1 Å². The summed E-state index contributed by atoms with van der Waals surface area (Å²) in [5, 5.41) is 3.17. The molecule has 68 valence electrons. The monoisotopic (exact) mass is 210 g/mol. The fraction of sp³-hybridized carbons (Fsp3) is 0.286. The van der Waals surface area contributed by atoms with Crippen LogP contribution < -0.4 is 5.32 Å². The lowest BCUT2D eigenvalue weighted by Crippen LogP contribution is -2.07. The van der Waals surface area contributed by atoms with Gasteiger partial charge in [0.25, 0.3) is 0 Å². The van der Waals surface area contributed by atoms with Crippen LogP contribution in [0.5, 0.6) is 0 Å². The summed E-state index contributed by atoms with van der Waals surface area (Å²) in [6.07, 6.45) is 2.58. The Morgan fingerprint density at radius 1 is 1.58 bits per heavy atom. The first-order valence-electron chi connectivity index (χ1n) is 3.18. The van der Waals surface area contributed by atoms with Gasteiger partial charge in [0.1, 0.15) is 5.82 Å². The molecular formula is C7H9Cl2FN2. The van der Waals surface area contributed by atoms with E-state index < -0.39 is 0 Å². The van der Waals surface area contributed by atoms with E-state index in [1.807, 2.05) is 0 Å². The highest BCUT2D eigenvalue weighted by Crippen LogP contribution is 2.16. The second-order valence-corrected chi connectivity index (χ2v) is 2.52. The molecule has 0 aliphatic carbocycles. The van der Waals surface area contributed by atoms with Crippen molar-refractivity contribution < 1.29 is 4.39 Å². The molecule has 1 aromatic rings. The molecule has 0 unspecified atom stereocenters. The zero-order valence-corrected chi connectivity index (χ0v) is 8.05. The lowest BCUT2D eigenvalue weighted by atomic mass is 10.2. The van der Waals surface area contributed by atoms with Crippen molar-refractivity contribution in [1.82, 2.24) is 10.3 Å². The normalized spacial score (nSPS) is 9.25. The number of halogens is 3. The number of nitrogens with one attached hydrogen (secondary N) is 1. The first kappa shape index (κ1) is 11.6. The van der Waals surface area contributed by atoms with Crippen molar-refractivity contribution in [1.29, 1.82) is 0 Å². The van der Waals surface area contributed by atoms with Gasteiger partial charge in [-0.2, -0.15) is 0 Å². The molecule has 1 aromatic heterocycles. The minimum absolute atomic E-state index is 0. The first-order valence-corrected chi connectivity index (χ1v) is 3.56. The zero-order chi connectivity index (χ0) is 8.27. The van der Waals surface area contributed by atoms with E-state index in [-0.39, 0.29) is 18.2 Å². The van der Waals surface area contributed by atoms with Gasteiger partial charge in [-0.1, -0.05) is 11.6 Å². The van der Waals surface area contributed by atoms with Crippen LogP contribution in [0.15, 0.2) is 12.4 Å². The number of aromatic nitrogens is 1. The molecule has 0 aliphatic heterocycles. The highest BCUT2D eigenvalue weighted by molar-refractivity contribution is 6.31. The van der Waals surface area contributed by atoms with E-state index in [9.17, 15) is 4.39 Å². The summed E-state index contributed by atoms with van der Waals surface area (Å²) in [5.41, 5.74) is 0.462.